The van der Waals surface area contributed by atoms with Gasteiger partial charge in [0.2, 0.25) is 0 Å². The predicted molar refractivity (Wildman–Crippen MR) is 76.0 cm³/mol. The highest BCUT2D eigenvalue weighted by atomic mass is 16.5. The smallest absolute Gasteiger partial charge is 0.163 e. The number of Topliss-reactive ketones (excluding diaryl/α,β-unsaturated/α-hetero) is 1. The molecule has 0 N–H and O–H groups in total. The molecule has 0 saturated carbocycles. The molecule has 0 radical (unpaired) electrons. The Morgan fingerprint density at radius 2 is 2.00 bits per heavy atom. The molecule has 6 nitrogen and oxygen atoms in total. The molecule has 2 aromatic rings. The van der Waals surface area contributed by atoms with Crippen LogP contribution in [0.3, 0.4) is 0 Å². The lowest BCUT2D eigenvalue weighted by Gasteiger charge is -2.22. The number of benzene rings is 1. The van der Waals surface area contributed by atoms with Crippen LogP contribution in [0, 0.1) is 0 Å². The van der Waals surface area contributed by atoms with Gasteiger partial charge in [0, 0.05) is 31.6 Å². The van der Waals surface area contributed by atoms with Crippen molar-refractivity contribution in [1.29, 1.82) is 0 Å². The van der Waals surface area contributed by atoms with E-state index in [1.807, 2.05) is 35.0 Å². The van der Waals surface area contributed by atoms with Crippen molar-refractivity contribution in [3.8, 4) is 0 Å². The van der Waals surface area contributed by atoms with E-state index >= 15 is 0 Å². The first-order valence-corrected chi connectivity index (χ1v) is 7.27. The minimum absolute atomic E-state index is 0.122. The summed E-state index contributed by atoms with van der Waals surface area (Å²) in [7, 11) is 0. The molecular weight excluding hydrogens is 268 g/mol. The summed E-state index contributed by atoms with van der Waals surface area (Å²) in [6, 6.07) is 9.62. The summed E-state index contributed by atoms with van der Waals surface area (Å²) in [5.41, 5.74) is 0.739. The first-order chi connectivity index (χ1) is 10.3. The average molecular weight is 286 g/mol. The Kier molecular flexibility index (Phi) is 4.35. The van der Waals surface area contributed by atoms with Gasteiger partial charge < -0.3 is 4.74 Å². The Balaban J connectivity index is 1.63. The van der Waals surface area contributed by atoms with Crippen LogP contribution in [0.2, 0.25) is 0 Å². The van der Waals surface area contributed by atoms with Gasteiger partial charge in [0.15, 0.2) is 11.6 Å². The van der Waals surface area contributed by atoms with Gasteiger partial charge in [0.1, 0.15) is 0 Å². The summed E-state index contributed by atoms with van der Waals surface area (Å²) in [5, 5.41) is 11.9. The molecule has 3 rings (SSSR count). The molecule has 0 aliphatic carbocycles. The van der Waals surface area contributed by atoms with Crippen LogP contribution in [0.5, 0.6) is 0 Å². The van der Waals surface area contributed by atoms with Gasteiger partial charge in [-0.15, -0.1) is 5.10 Å². The van der Waals surface area contributed by atoms with Gasteiger partial charge in [-0.05, 0) is 23.3 Å². The van der Waals surface area contributed by atoms with E-state index in [1.165, 1.54) is 0 Å². The van der Waals surface area contributed by atoms with Crippen molar-refractivity contribution in [3.05, 3.63) is 41.7 Å². The van der Waals surface area contributed by atoms with Crippen molar-refractivity contribution in [3.63, 3.8) is 0 Å². The fraction of sp³-hybridized carbons (Fsp3) is 0.467. The third-order valence-electron chi connectivity index (χ3n) is 3.77. The fourth-order valence-electron chi connectivity index (χ4n) is 2.58. The molecule has 1 aliphatic rings. The van der Waals surface area contributed by atoms with E-state index in [4.69, 9.17) is 4.74 Å². The Labute approximate surface area is 123 Å². The lowest BCUT2D eigenvalue weighted by atomic mass is 10.1. The molecule has 2 heterocycles. The zero-order valence-electron chi connectivity index (χ0n) is 11.8. The number of aryl methyl sites for hydroxylation is 1. The van der Waals surface area contributed by atoms with Gasteiger partial charge in [-0.25, -0.2) is 4.68 Å². The van der Waals surface area contributed by atoms with Crippen LogP contribution in [0.25, 0.3) is 0 Å². The first kappa shape index (κ1) is 13.9. The number of ketones is 1. The van der Waals surface area contributed by atoms with Crippen molar-refractivity contribution in [2.24, 2.45) is 0 Å². The Bertz CT molecular complexity index is 591. The minimum Gasteiger partial charge on any atom is -0.381 e. The molecule has 21 heavy (non-hydrogen) atoms. The van der Waals surface area contributed by atoms with E-state index < -0.39 is 0 Å². The Morgan fingerprint density at radius 1 is 1.24 bits per heavy atom. The SMILES string of the molecule is O=C(CCc1nnnn1C1CCOCC1)c1ccccc1. The molecule has 0 spiro atoms. The van der Waals surface area contributed by atoms with Crippen LogP contribution in [0.15, 0.2) is 30.3 Å². The van der Waals surface area contributed by atoms with E-state index in [0.29, 0.717) is 12.8 Å². The normalized spacial score (nSPS) is 16.0. The Morgan fingerprint density at radius 3 is 2.76 bits per heavy atom. The summed E-state index contributed by atoms with van der Waals surface area (Å²) in [6.07, 6.45) is 2.83. The number of rotatable bonds is 5. The number of nitrogens with zero attached hydrogens (tertiary/aromatic N) is 4. The van der Waals surface area contributed by atoms with Gasteiger partial charge >= 0.3 is 0 Å². The number of aromatic nitrogens is 4. The van der Waals surface area contributed by atoms with Crippen molar-refractivity contribution in [1.82, 2.24) is 20.2 Å². The molecule has 110 valence electrons. The second-order valence-electron chi connectivity index (χ2n) is 5.17. The molecule has 1 aliphatic heterocycles. The van der Waals surface area contributed by atoms with Crippen LogP contribution in [0.1, 0.15) is 41.5 Å². The van der Waals surface area contributed by atoms with E-state index in [-0.39, 0.29) is 11.8 Å². The van der Waals surface area contributed by atoms with Crippen LogP contribution in [-0.2, 0) is 11.2 Å². The third-order valence-corrected chi connectivity index (χ3v) is 3.77. The Hall–Kier alpha value is -2.08. The number of carbonyl (C=O) groups is 1. The monoisotopic (exact) mass is 286 g/mol. The number of hydrogen-bond acceptors (Lipinski definition) is 5. The summed E-state index contributed by atoms with van der Waals surface area (Å²) >= 11 is 0. The first-order valence-electron chi connectivity index (χ1n) is 7.27. The number of carbonyl (C=O) groups excluding carboxylic acids is 1. The lowest BCUT2D eigenvalue weighted by molar-refractivity contribution is 0.0647. The number of hydrogen-bond donors (Lipinski definition) is 0. The predicted octanol–water partition coefficient (Wildman–Crippen LogP) is 1.84. The van der Waals surface area contributed by atoms with Crippen molar-refractivity contribution >= 4 is 5.78 Å². The second kappa shape index (κ2) is 6.58. The molecule has 0 unspecified atom stereocenters. The van der Waals surface area contributed by atoms with E-state index in [2.05, 4.69) is 15.5 Å². The molecule has 1 aromatic heterocycles. The highest BCUT2D eigenvalue weighted by Crippen LogP contribution is 2.21. The van der Waals surface area contributed by atoms with Crippen LogP contribution < -0.4 is 0 Å². The lowest BCUT2D eigenvalue weighted by Crippen LogP contribution is -2.22. The molecular formula is C15H18N4O2. The molecule has 0 amide bonds. The molecule has 1 fully saturated rings. The van der Waals surface area contributed by atoms with Crippen molar-refractivity contribution in [2.75, 3.05) is 13.2 Å². The van der Waals surface area contributed by atoms with E-state index in [9.17, 15) is 4.79 Å². The molecule has 6 heteroatoms. The minimum atomic E-state index is 0.122. The number of ether oxygens (including phenoxy) is 1. The summed E-state index contributed by atoms with van der Waals surface area (Å²) in [4.78, 5) is 12.1. The fourth-order valence-corrected chi connectivity index (χ4v) is 2.58. The molecule has 1 aromatic carbocycles. The van der Waals surface area contributed by atoms with E-state index in [1.54, 1.807) is 0 Å². The maximum absolute atomic E-state index is 12.1. The second-order valence-corrected chi connectivity index (χ2v) is 5.17. The highest BCUT2D eigenvalue weighted by molar-refractivity contribution is 5.96. The topological polar surface area (TPSA) is 69.9 Å². The van der Waals surface area contributed by atoms with Crippen LogP contribution >= 0.6 is 0 Å². The largest absolute Gasteiger partial charge is 0.381 e. The average Bonchev–Trinajstić information content (AvgIpc) is 3.03. The standard InChI is InChI=1S/C15H18N4O2/c20-14(12-4-2-1-3-5-12)6-7-15-16-17-18-19(15)13-8-10-21-11-9-13/h1-5,13H,6-11H2. The van der Waals surface area contributed by atoms with E-state index in [0.717, 1.165) is 37.4 Å². The molecule has 0 bridgehead atoms. The van der Waals surface area contributed by atoms with Gasteiger partial charge in [-0.2, -0.15) is 0 Å². The molecule has 0 atom stereocenters. The molecule has 1 saturated heterocycles. The third kappa shape index (κ3) is 3.33. The zero-order chi connectivity index (χ0) is 14.5. The van der Waals surface area contributed by atoms with Crippen LogP contribution in [-0.4, -0.2) is 39.2 Å². The van der Waals surface area contributed by atoms with Gasteiger partial charge in [0.25, 0.3) is 0 Å². The summed E-state index contributed by atoms with van der Waals surface area (Å²) in [5.74, 6) is 0.906. The summed E-state index contributed by atoms with van der Waals surface area (Å²) < 4.78 is 7.22. The highest BCUT2D eigenvalue weighted by Gasteiger charge is 2.20. The maximum atomic E-state index is 12.1. The van der Waals surface area contributed by atoms with Crippen LogP contribution in [0.4, 0.5) is 0 Å². The zero-order valence-corrected chi connectivity index (χ0v) is 11.8. The van der Waals surface area contributed by atoms with Gasteiger partial charge in [-0.3, -0.25) is 4.79 Å². The van der Waals surface area contributed by atoms with Crippen molar-refractivity contribution in [2.45, 2.75) is 31.7 Å². The van der Waals surface area contributed by atoms with Gasteiger partial charge in [-0.1, -0.05) is 30.3 Å². The van der Waals surface area contributed by atoms with Crippen molar-refractivity contribution < 1.29 is 9.53 Å². The quantitative estimate of drug-likeness (QED) is 0.784. The van der Waals surface area contributed by atoms with Gasteiger partial charge in [0.05, 0.1) is 6.04 Å². The maximum Gasteiger partial charge on any atom is 0.163 e. The summed E-state index contributed by atoms with van der Waals surface area (Å²) in [6.45, 7) is 1.49. The number of tetrazole rings is 1.